The van der Waals surface area contributed by atoms with Crippen molar-refractivity contribution >= 4 is 33.4 Å². The second-order valence-electron chi connectivity index (χ2n) is 4.85. The molecule has 1 N–H and O–H groups in total. The van der Waals surface area contributed by atoms with Crippen molar-refractivity contribution in [3.05, 3.63) is 75.9 Å². The molecule has 5 nitrogen and oxygen atoms in total. The van der Waals surface area contributed by atoms with E-state index in [1.54, 1.807) is 41.4 Å². The summed E-state index contributed by atoms with van der Waals surface area (Å²) in [7, 11) is 0. The van der Waals surface area contributed by atoms with Crippen LogP contribution in [-0.2, 0) is 0 Å². The Balaban J connectivity index is 1.77. The zero-order valence-electron chi connectivity index (χ0n) is 11.9. The molecule has 0 aliphatic heterocycles. The lowest BCUT2D eigenvalue weighted by atomic mass is 10.2. The molecule has 118 valence electrons. The number of hydrogen-bond donors (Lipinski definition) is 1. The van der Waals surface area contributed by atoms with Crippen LogP contribution in [0, 0.1) is 0 Å². The van der Waals surface area contributed by atoms with Gasteiger partial charge in [0.25, 0.3) is 5.91 Å². The van der Waals surface area contributed by atoms with Crippen LogP contribution in [-0.4, -0.2) is 22.2 Å². The number of rotatable bonds is 5. The Hall–Kier alpha value is -2.05. The Kier molecular flexibility index (Phi) is 4.83. The first-order chi connectivity index (χ1) is 11.1. The normalized spacial score (nSPS) is 12.1. The Morgan fingerprint density at radius 1 is 1.39 bits per heavy atom. The Labute approximate surface area is 146 Å². The van der Waals surface area contributed by atoms with Crippen LogP contribution < -0.4 is 5.32 Å². The van der Waals surface area contributed by atoms with E-state index in [1.165, 1.54) is 0 Å². The molecule has 0 saturated heterocycles. The average Bonchev–Trinajstić information content (AvgIpc) is 3.23. The highest BCUT2D eigenvalue weighted by molar-refractivity contribution is 9.10. The van der Waals surface area contributed by atoms with Crippen LogP contribution >= 0.6 is 27.5 Å². The number of aromatic nitrogens is 2. The van der Waals surface area contributed by atoms with Crippen LogP contribution in [0.1, 0.15) is 22.2 Å². The van der Waals surface area contributed by atoms with Crippen molar-refractivity contribution in [2.24, 2.45) is 0 Å². The summed E-state index contributed by atoms with van der Waals surface area (Å²) >= 11 is 9.43. The molecule has 1 amide bonds. The fraction of sp³-hybridized carbons (Fsp3) is 0.125. The number of hydrogen-bond acceptors (Lipinski definition) is 3. The van der Waals surface area contributed by atoms with E-state index in [9.17, 15) is 4.79 Å². The van der Waals surface area contributed by atoms with Gasteiger partial charge in [-0.15, -0.1) is 0 Å². The van der Waals surface area contributed by atoms with Gasteiger partial charge in [-0.3, -0.25) is 9.48 Å². The van der Waals surface area contributed by atoms with Crippen LogP contribution in [0.15, 0.2) is 63.9 Å². The van der Waals surface area contributed by atoms with Gasteiger partial charge < -0.3 is 9.73 Å². The maximum atomic E-state index is 12.4. The van der Waals surface area contributed by atoms with Crippen molar-refractivity contribution in [2.45, 2.75) is 6.04 Å². The van der Waals surface area contributed by atoms with Crippen LogP contribution in [0.5, 0.6) is 0 Å². The van der Waals surface area contributed by atoms with E-state index in [2.05, 4.69) is 26.3 Å². The number of nitrogens with zero attached hydrogens (tertiary/aromatic N) is 2. The number of carbonyl (C=O) groups excluding carboxylic acids is 1. The molecule has 0 saturated carbocycles. The van der Waals surface area contributed by atoms with E-state index in [4.69, 9.17) is 16.0 Å². The summed E-state index contributed by atoms with van der Waals surface area (Å²) in [5.41, 5.74) is 0.416. The number of furan rings is 1. The summed E-state index contributed by atoms with van der Waals surface area (Å²) in [5.74, 6) is 0.467. The predicted molar refractivity (Wildman–Crippen MR) is 90.6 cm³/mol. The van der Waals surface area contributed by atoms with Crippen molar-refractivity contribution in [3.8, 4) is 0 Å². The van der Waals surface area contributed by atoms with Crippen LogP contribution in [0.4, 0.5) is 0 Å². The molecule has 7 heteroatoms. The number of halogens is 2. The van der Waals surface area contributed by atoms with Crippen molar-refractivity contribution in [3.63, 3.8) is 0 Å². The van der Waals surface area contributed by atoms with E-state index in [-0.39, 0.29) is 11.9 Å². The van der Waals surface area contributed by atoms with E-state index < -0.39 is 0 Å². The van der Waals surface area contributed by atoms with E-state index in [1.807, 2.05) is 18.3 Å². The van der Waals surface area contributed by atoms with E-state index >= 15 is 0 Å². The molecular weight excluding hydrogens is 382 g/mol. The van der Waals surface area contributed by atoms with Crippen LogP contribution in [0.3, 0.4) is 0 Å². The summed E-state index contributed by atoms with van der Waals surface area (Å²) in [6.07, 6.45) is 5.10. The summed E-state index contributed by atoms with van der Waals surface area (Å²) in [4.78, 5) is 12.4. The summed E-state index contributed by atoms with van der Waals surface area (Å²) in [6.45, 7) is 0.330. The van der Waals surface area contributed by atoms with Gasteiger partial charge in [0.15, 0.2) is 0 Å². The van der Waals surface area contributed by atoms with Gasteiger partial charge in [-0.1, -0.05) is 27.5 Å². The van der Waals surface area contributed by atoms with Crippen molar-refractivity contribution in [1.82, 2.24) is 15.1 Å². The number of carbonyl (C=O) groups is 1. The van der Waals surface area contributed by atoms with Gasteiger partial charge in [0.2, 0.25) is 0 Å². The third-order valence-corrected chi connectivity index (χ3v) is 4.17. The monoisotopic (exact) mass is 393 g/mol. The van der Waals surface area contributed by atoms with Crippen molar-refractivity contribution < 1.29 is 9.21 Å². The second-order valence-corrected chi connectivity index (χ2v) is 6.17. The lowest BCUT2D eigenvalue weighted by molar-refractivity contribution is 0.0948. The quantitative estimate of drug-likeness (QED) is 0.714. The average molecular weight is 395 g/mol. The number of benzene rings is 1. The second kappa shape index (κ2) is 7.02. The molecule has 0 radical (unpaired) electrons. The number of nitrogens with one attached hydrogen (secondary N) is 1. The minimum absolute atomic E-state index is 0.227. The molecule has 0 spiro atoms. The maximum absolute atomic E-state index is 12.4. The van der Waals surface area contributed by atoms with Crippen LogP contribution in [0.25, 0.3) is 0 Å². The first-order valence-corrected chi connectivity index (χ1v) is 8.08. The molecule has 0 unspecified atom stereocenters. The standard InChI is InChI=1S/C16H13BrClN3O2/c17-11-4-5-13(18)12(9-11)16(22)19-10-14(15-3-1-8-23-15)21-7-2-6-20-21/h1-9,14H,10H2,(H,19,22)/t14-/m1/s1. The Morgan fingerprint density at radius 2 is 2.26 bits per heavy atom. The highest BCUT2D eigenvalue weighted by Gasteiger charge is 2.19. The SMILES string of the molecule is O=C(NC[C@H](c1ccco1)n1cccn1)c1cc(Br)ccc1Cl. The lowest BCUT2D eigenvalue weighted by Crippen LogP contribution is -2.31. The van der Waals surface area contributed by atoms with Gasteiger partial charge in [0, 0.05) is 23.4 Å². The third kappa shape index (κ3) is 3.65. The summed E-state index contributed by atoms with van der Waals surface area (Å²) in [6, 6.07) is 10.4. The summed E-state index contributed by atoms with van der Waals surface area (Å²) in [5, 5.41) is 7.51. The Bertz CT molecular complexity index is 754. The fourth-order valence-corrected chi connectivity index (χ4v) is 2.79. The van der Waals surface area contributed by atoms with E-state index in [0.717, 1.165) is 4.47 Å². The number of amides is 1. The fourth-order valence-electron chi connectivity index (χ4n) is 2.23. The predicted octanol–water partition coefficient (Wildman–Crippen LogP) is 3.91. The topological polar surface area (TPSA) is 60.1 Å². The zero-order valence-corrected chi connectivity index (χ0v) is 14.3. The Morgan fingerprint density at radius 3 is 2.96 bits per heavy atom. The first kappa shape index (κ1) is 15.8. The largest absolute Gasteiger partial charge is 0.467 e. The molecule has 3 rings (SSSR count). The molecule has 1 atom stereocenters. The van der Waals surface area contributed by atoms with Gasteiger partial charge in [-0.05, 0) is 36.4 Å². The van der Waals surface area contributed by atoms with Crippen molar-refractivity contribution in [1.29, 1.82) is 0 Å². The van der Waals surface area contributed by atoms with Gasteiger partial charge in [-0.2, -0.15) is 5.10 Å². The molecule has 2 heterocycles. The highest BCUT2D eigenvalue weighted by Crippen LogP contribution is 2.22. The van der Waals surface area contributed by atoms with Gasteiger partial charge >= 0.3 is 0 Å². The molecule has 23 heavy (non-hydrogen) atoms. The van der Waals surface area contributed by atoms with E-state index in [0.29, 0.717) is 22.9 Å². The first-order valence-electron chi connectivity index (χ1n) is 6.91. The lowest BCUT2D eigenvalue weighted by Gasteiger charge is -2.16. The molecule has 0 aliphatic carbocycles. The molecule has 2 aromatic heterocycles. The smallest absolute Gasteiger partial charge is 0.252 e. The molecule has 0 bridgehead atoms. The molecule has 1 aromatic carbocycles. The maximum Gasteiger partial charge on any atom is 0.252 e. The molecule has 3 aromatic rings. The minimum atomic E-state index is -0.250. The van der Waals surface area contributed by atoms with Gasteiger partial charge in [-0.25, -0.2) is 0 Å². The zero-order chi connectivity index (χ0) is 16.2. The molecular formula is C16H13BrClN3O2. The van der Waals surface area contributed by atoms with Crippen LogP contribution in [0.2, 0.25) is 5.02 Å². The third-order valence-electron chi connectivity index (χ3n) is 3.34. The van der Waals surface area contributed by atoms with Gasteiger partial charge in [0.05, 0.1) is 16.8 Å². The molecule has 0 aliphatic rings. The minimum Gasteiger partial charge on any atom is -0.467 e. The highest BCUT2D eigenvalue weighted by atomic mass is 79.9. The summed E-state index contributed by atoms with van der Waals surface area (Å²) < 4.78 is 7.99. The molecule has 0 fully saturated rings. The van der Waals surface area contributed by atoms with Gasteiger partial charge in [0.1, 0.15) is 11.8 Å². The van der Waals surface area contributed by atoms with Crippen molar-refractivity contribution in [2.75, 3.05) is 6.54 Å².